The predicted molar refractivity (Wildman–Crippen MR) is 93.4 cm³/mol. The molecule has 0 fully saturated rings. The standard InChI is InChI=1S/C19H22N2O3/c1-15-12-19(22)24-18-13-16(6-7-17(15)18)23-11-5-3-2-4-9-21-10-8-20-14-21/h6-8,10,12-14H,2-5,9,11H2,1H3. The Morgan fingerprint density at radius 1 is 1.17 bits per heavy atom. The molecule has 126 valence electrons. The molecule has 0 radical (unpaired) electrons. The molecule has 2 aromatic heterocycles. The van der Waals surface area contributed by atoms with Gasteiger partial charge in [-0.05, 0) is 37.5 Å². The van der Waals surface area contributed by atoms with Crippen LogP contribution in [-0.2, 0) is 6.54 Å². The average Bonchev–Trinajstić information content (AvgIpc) is 3.07. The minimum absolute atomic E-state index is 0.324. The van der Waals surface area contributed by atoms with E-state index in [0.717, 1.165) is 42.5 Å². The summed E-state index contributed by atoms with van der Waals surface area (Å²) in [6.45, 7) is 3.60. The van der Waals surface area contributed by atoms with Gasteiger partial charge in [0, 0.05) is 36.5 Å². The minimum atomic E-state index is -0.324. The molecular weight excluding hydrogens is 304 g/mol. The van der Waals surface area contributed by atoms with Crippen LogP contribution in [0.5, 0.6) is 5.75 Å². The highest BCUT2D eigenvalue weighted by Gasteiger charge is 2.04. The average molecular weight is 326 g/mol. The number of hydrogen-bond donors (Lipinski definition) is 0. The molecule has 3 rings (SSSR count). The van der Waals surface area contributed by atoms with Gasteiger partial charge in [-0.15, -0.1) is 0 Å². The topological polar surface area (TPSA) is 57.3 Å². The molecule has 0 saturated carbocycles. The predicted octanol–water partition coefficient (Wildman–Crippen LogP) is 3.94. The van der Waals surface area contributed by atoms with Crippen molar-refractivity contribution in [2.45, 2.75) is 39.2 Å². The lowest BCUT2D eigenvalue weighted by atomic mass is 10.1. The van der Waals surface area contributed by atoms with Crippen molar-refractivity contribution in [3.8, 4) is 5.75 Å². The number of aryl methyl sites for hydroxylation is 2. The number of aromatic nitrogens is 2. The van der Waals surface area contributed by atoms with Gasteiger partial charge in [0.1, 0.15) is 11.3 Å². The summed E-state index contributed by atoms with van der Waals surface area (Å²) in [5.41, 5.74) is 1.18. The summed E-state index contributed by atoms with van der Waals surface area (Å²) >= 11 is 0. The number of hydrogen-bond acceptors (Lipinski definition) is 4. The number of ether oxygens (including phenoxy) is 1. The molecule has 5 heteroatoms. The van der Waals surface area contributed by atoms with Crippen molar-refractivity contribution < 1.29 is 9.15 Å². The first-order chi connectivity index (χ1) is 11.7. The number of fused-ring (bicyclic) bond motifs is 1. The van der Waals surface area contributed by atoms with Crippen LogP contribution in [0.2, 0.25) is 0 Å². The highest BCUT2D eigenvalue weighted by Crippen LogP contribution is 2.22. The molecule has 0 aliphatic carbocycles. The van der Waals surface area contributed by atoms with Crippen molar-refractivity contribution >= 4 is 11.0 Å². The van der Waals surface area contributed by atoms with Gasteiger partial charge < -0.3 is 13.7 Å². The van der Waals surface area contributed by atoms with Gasteiger partial charge in [-0.1, -0.05) is 12.8 Å². The summed E-state index contributed by atoms with van der Waals surface area (Å²) in [7, 11) is 0. The molecule has 2 heterocycles. The third kappa shape index (κ3) is 4.25. The van der Waals surface area contributed by atoms with E-state index in [4.69, 9.17) is 9.15 Å². The Labute approximate surface area is 140 Å². The van der Waals surface area contributed by atoms with Crippen LogP contribution in [0.1, 0.15) is 31.2 Å². The number of unbranched alkanes of at least 4 members (excludes halogenated alkanes) is 3. The van der Waals surface area contributed by atoms with E-state index in [9.17, 15) is 4.79 Å². The largest absolute Gasteiger partial charge is 0.493 e. The zero-order chi connectivity index (χ0) is 16.8. The maximum Gasteiger partial charge on any atom is 0.336 e. The van der Waals surface area contributed by atoms with E-state index in [1.165, 1.54) is 12.5 Å². The van der Waals surface area contributed by atoms with Crippen LogP contribution in [0.3, 0.4) is 0 Å². The molecule has 0 amide bonds. The Morgan fingerprint density at radius 3 is 2.88 bits per heavy atom. The van der Waals surface area contributed by atoms with Crippen molar-refractivity contribution in [1.29, 1.82) is 0 Å². The highest BCUT2D eigenvalue weighted by molar-refractivity contribution is 5.81. The van der Waals surface area contributed by atoms with Crippen LogP contribution in [0.25, 0.3) is 11.0 Å². The number of imidazole rings is 1. The van der Waals surface area contributed by atoms with Gasteiger partial charge in [0.2, 0.25) is 0 Å². The molecule has 0 aliphatic heterocycles. The van der Waals surface area contributed by atoms with E-state index >= 15 is 0 Å². The van der Waals surface area contributed by atoms with E-state index in [2.05, 4.69) is 9.55 Å². The quantitative estimate of drug-likeness (QED) is 0.465. The van der Waals surface area contributed by atoms with Crippen molar-refractivity contribution in [2.75, 3.05) is 6.61 Å². The van der Waals surface area contributed by atoms with Crippen molar-refractivity contribution in [3.05, 3.63) is 59.0 Å². The molecule has 0 unspecified atom stereocenters. The molecule has 0 N–H and O–H groups in total. The molecule has 24 heavy (non-hydrogen) atoms. The van der Waals surface area contributed by atoms with Gasteiger partial charge in [-0.25, -0.2) is 9.78 Å². The summed E-state index contributed by atoms with van der Waals surface area (Å²) < 4.78 is 13.1. The lowest BCUT2D eigenvalue weighted by Crippen LogP contribution is -2.00. The second-order valence-corrected chi connectivity index (χ2v) is 5.97. The van der Waals surface area contributed by atoms with Crippen LogP contribution in [0, 0.1) is 6.92 Å². The third-order valence-corrected chi connectivity index (χ3v) is 4.06. The van der Waals surface area contributed by atoms with Gasteiger partial charge in [0.05, 0.1) is 12.9 Å². The minimum Gasteiger partial charge on any atom is -0.493 e. The maximum atomic E-state index is 11.4. The zero-order valence-electron chi connectivity index (χ0n) is 13.9. The lowest BCUT2D eigenvalue weighted by Gasteiger charge is -2.08. The second kappa shape index (κ2) is 7.81. The fourth-order valence-electron chi connectivity index (χ4n) is 2.75. The normalized spacial score (nSPS) is 11.0. The highest BCUT2D eigenvalue weighted by atomic mass is 16.5. The first-order valence-electron chi connectivity index (χ1n) is 8.35. The van der Waals surface area contributed by atoms with Crippen molar-refractivity contribution in [2.24, 2.45) is 0 Å². The molecule has 0 aliphatic rings. The summed E-state index contributed by atoms with van der Waals surface area (Å²) in [5, 5.41) is 0.946. The van der Waals surface area contributed by atoms with Crippen LogP contribution in [-0.4, -0.2) is 16.2 Å². The maximum absolute atomic E-state index is 11.4. The molecule has 0 spiro atoms. The Morgan fingerprint density at radius 2 is 2.04 bits per heavy atom. The van der Waals surface area contributed by atoms with E-state index in [1.54, 1.807) is 12.3 Å². The van der Waals surface area contributed by atoms with Crippen LogP contribution in [0.15, 0.2) is 52.2 Å². The third-order valence-electron chi connectivity index (χ3n) is 4.06. The van der Waals surface area contributed by atoms with Gasteiger partial charge in [-0.3, -0.25) is 0 Å². The monoisotopic (exact) mass is 326 g/mol. The summed E-state index contributed by atoms with van der Waals surface area (Å²) in [6, 6.07) is 7.16. The lowest BCUT2D eigenvalue weighted by molar-refractivity contribution is 0.304. The summed E-state index contributed by atoms with van der Waals surface area (Å²) in [6.07, 6.45) is 10.1. The SMILES string of the molecule is Cc1cc(=O)oc2cc(OCCCCCCn3ccnc3)ccc12. The fourth-order valence-corrected chi connectivity index (χ4v) is 2.75. The molecule has 0 bridgehead atoms. The number of nitrogens with zero attached hydrogens (tertiary/aromatic N) is 2. The second-order valence-electron chi connectivity index (χ2n) is 5.97. The van der Waals surface area contributed by atoms with E-state index in [0.29, 0.717) is 12.2 Å². The van der Waals surface area contributed by atoms with Crippen molar-refractivity contribution in [1.82, 2.24) is 9.55 Å². The van der Waals surface area contributed by atoms with Crippen LogP contribution >= 0.6 is 0 Å². The Hall–Kier alpha value is -2.56. The molecular formula is C19H22N2O3. The van der Waals surface area contributed by atoms with Gasteiger partial charge in [-0.2, -0.15) is 0 Å². The van der Waals surface area contributed by atoms with E-state index in [1.807, 2.05) is 31.6 Å². The molecule has 0 saturated heterocycles. The zero-order valence-corrected chi connectivity index (χ0v) is 13.9. The molecule has 3 aromatic rings. The van der Waals surface area contributed by atoms with E-state index < -0.39 is 0 Å². The van der Waals surface area contributed by atoms with E-state index in [-0.39, 0.29) is 5.63 Å². The first kappa shape index (κ1) is 16.3. The van der Waals surface area contributed by atoms with Gasteiger partial charge in [0.25, 0.3) is 0 Å². The smallest absolute Gasteiger partial charge is 0.336 e. The number of benzene rings is 1. The van der Waals surface area contributed by atoms with Crippen molar-refractivity contribution in [3.63, 3.8) is 0 Å². The number of rotatable bonds is 8. The Kier molecular flexibility index (Phi) is 5.31. The Bertz CT molecular complexity index is 837. The Balaban J connectivity index is 1.42. The van der Waals surface area contributed by atoms with Gasteiger partial charge in [0.15, 0.2) is 0 Å². The fraction of sp³-hybridized carbons (Fsp3) is 0.368. The summed E-state index contributed by atoms with van der Waals surface area (Å²) in [4.78, 5) is 15.5. The molecule has 5 nitrogen and oxygen atoms in total. The summed E-state index contributed by atoms with van der Waals surface area (Å²) in [5.74, 6) is 0.745. The van der Waals surface area contributed by atoms with Gasteiger partial charge >= 0.3 is 5.63 Å². The van der Waals surface area contributed by atoms with Crippen LogP contribution in [0.4, 0.5) is 0 Å². The molecule has 1 aromatic carbocycles. The first-order valence-corrected chi connectivity index (χ1v) is 8.35. The molecule has 0 atom stereocenters. The van der Waals surface area contributed by atoms with Crippen LogP contribution < -0.4 is 10.4 Å².